The van der Waals surface area contributed by atoms with E-state index in [1.54, 1.807) is 0 Å². The fourth-order valence-corrected chi connectivity index (χ4v) is 3.55. The summed E-state index contributed by atoms with van der Waals surface area (Å²) in [6, 6.07) is 8.23. The van der Waals surface area contributed by atoms with Crippen LogP contribution < -0.4 is 10.2 Å². The van der Waals surface area contributed by atoms with E-state index in [0.29, 0.717) is 54.0 Å². The standard InChI is InChI=1S/C19H18F5N3OS/c20-18(21)29-15-4-1-12(2-5-15)17(28)26-14-7-9-27(10-8-14)16-6-3-13(11-25-16)19(22,23)24/h1-6,11,14,18H,7-10H2,(H,26,28). The lowest BCUT2D eigenvalue weighted by Crippen LogP contribution is -2.45. The molecule has 1 amide bonds. The lowest BCUT2D eigenvalue weighted by atomic mass is 10.0. The van der Waals surface area contributed by atoms with Crippen molar-refractivity contribution in [1.29, 1.82) is 0 Å². The molecule has 1 N–H and O–H groups in total. The van der Waals surface area contributed by atoms with Gasteiger partial charge in [0.1, 0.15) is 5.82 Å². The van der Waals surface area contributed by atoms with Crippen LogP contribution in [0.3, 0.4) is 0 Å². The molecule has 3 rings (SSSR count). The molecule has 0 saturated carbocycles. The number of hydrogen-bond acceptors (Lipinski definition) is 4. The first-order chi connectivity index (χ1) is 13.7. The van der Waals surface area contributed by atoms with Gasteiger partial charge < -0.3 is 10.2 Å². The Hall–Kier alpha value is -2.36. The molecule has 29 heavy (non-hydrogen) atoms. The highest BCUT2D eigenvalue weighted by Gasteiger charge is 2.31. The average Bonchev–Trinajstić information content (AvgIpc) is 2.68. The fraction of sp³-hybridized carbons (Fsp3) is 0.368. The Balaban J connectivity index is 1.51. The van der Waals surface area contributed by atoms with Crippen molar-refractivity contribution in [2.24, 2.45) is 0 Å². The second kappa shape index (κ2) is 8.98. The molecule has 156 valence electrons. The lowest BCUT2D eigenvalue weighted by Gasteiger charge is -2.33. The van der Waals surface area contributed by atoms with Crippen LogP contribution in [-0.4, -0.2) is 35.8 Å². The highest BCUT2D eigenvalue weighted by atomic mass is 32.2. The zero-order chi connectivity index (χ0) is 21.0. The zero-order valence-corrected chi connectivity index (χ0v) is 15.9. The summed E-state index contributed by atoms with van der Waals surface area (Å²) in [6.45, 7) is 1.10. The molecule has 10 heteroatoms. The summed E-state index contributed by atoms with van der Waals surface area (Å²) in [5.74, 6) is -2.33. The number of amides is 1. The van der Waals surface area contributed by atoms with E-state index in [-0.39, 0.29) is 11.9 Å². The number of carbonyl (C=O) groups is 1. The van der Waals surface area contributed by atoms with Crippen molar-refractivity contribution >= 4 is 23.5 Å². The minimum Gasteiger partial charge on any atom is -0.356 e. The molecule has 0 bridgehead atoms. The van der Waals surface area contributed by atoms with Gasteiger partial charge in [0.2, 0.25) is 0 Å². The summed E-state index contributed by atoms with van der Waals surface area (Å²) in [5, 5.41) is 2.91. The summed E-state index contributed by atoms with van der Waals surface area (Å²) in [6.07, 6.45) is -2.36. The van der Waals surface area contributed by atoms with Crippen molar-refractivity contribution < 1.29 is 26.7 Å². The SMILES string of the molecule is O=C(NC1CCN(c2ccc(C(F)(F)F)cn2)CC1)c1ccc(SC(F)F)cc1. The number of carbonyl (C=O) groups excluding carboxylic acids is 1. The number of alkyl halides is 5. The lowest BCUT2D eigenvalue weighted by molar-refractivity contribution is -0.137. The molecule has 0 atom stereocenters. The van der Waals surface area contributed by atoms with E-state index in [9.17, 15) is 26.7 Å². The maximum atomic E-state index is 12.6. The Labute approximate surface area is 168 Å². The van der Waals surface area contributed by atoms with Crippen LogP contribution in [0, 0.1) is 0 Å². The van der Waals surface area contributed by atoms with Crippen LogP contribution in [0.2, 0.25) is 0 Å². The average molecular weight is 431 g/mol. The van der Waals surface area contributed by atoms with Gasteiger partial charge in [0.15, 0.2) is 0 Å². The fourth-order valence-electron chi connectivity index (χ4n) is 3.05. The smallest absolute Gasteiger partial charge is 0.356 e. The van der Waals surface area contributed by atoms with Crippen molar-refractivity contribution in [2.75, 3.05) is 18.0 Å². The van der Waals surface area contributed by atoms with Gasteiger partial charge >= 0.3 is 6.18 Å². The molecular weight excluding hydrogens is 413 g/mol. The van der Waals surface area contributed by atoms with E-state index in [1.165, 1.54) is 30.3 Å². The van der Waals surface area contributed by atoms with Gasteiger partial charge in [-0.1, -0.05) is 11.8 Å². The molecule has 2 aromatic rings. The topological polar surface area (TPSA) is 45.2 Å². The van der Waals surface area contributed by atoms with E-state index in [4.69, 9.17) is 0 Å². The van der Waals surface area contributed by atoms with Gasteiger partial charge in [-0.3, -0.25) is 4.79 Å². The van der Waals surface area contributed by atoms with Crippen LogP contribution >= 0.6 is 11.8 Å². The molecule has 1 aliphatic rings. The number of aromatic nitrogens is 1. The van der Waals surface area contributed by atoms with Crippen molar-refractivity contribution in [3.05, 3.63) is 53.7 Å². The zero-order valence-electron chi connectivity index (χ0n) is 15.1. The van der Waals surface area contributed by atoms with Gasteiger partial charge in [-0.25, -0.2) is 4.98 Å². The number of pyridine rings is 1. The molecule has 0 radical (unpaired) electrons. The Kier molecular flexibility index (Phi) is 6.61. The van der Waals surface area contributed by atoms with Crippen molar-refractivity contribution in [3.63, 3.8) is 0 Å². The number of anilines is 1. The number of nitrogens with zero attached hydrogens (tertiary/aromatic N) is 2. The second-order valence-electron chi connectivity index (χ2n) is 6.54. The van der Waals surface area contributed by atoms with E-state index >= 15 is 0 Å². The van der Waals surface area contributed by atoms with Gasteiger partial charge in [-0.05, 0) is 49.2 Å². The van der Waals surface area contributed by atoms with Crippen LogP contribution in [0.5, 0.6) is 0 Å². The molecule has 1 aromatic carbocycles. The number of rotatable bonds is 5. The summed E-state index contributed by atoms with van der Waals surface area (Å²) in [4.78, 5) is 18.5. The Morgan fingerprint density at radius 2 is 1.76 bits per heavy atom. The van der Waals surface area contributed by atoms with E-state index in [1.807, 2.05) is 4.90 Å². The number of thioether (sulfide) groups is 1. The third kappa shape index (κ3) is 5.81. The van der Waals surface area contributed by atoms with Gasteiger partial charge in [-0.15, -0.1) is 0 Å². The molecule has 2 heterocycles. The first kappa shape index (κ1) is 21.4. The highest BCUT2D eigenvalue weighted by Crippen LogP contribution is 2.30. The van der Waals surface area contributed by atoms with E-state index < -0.39 is 17.5 Å². The minimum atomic E-state index is -4.42. The largest absolute Gasteiger partial charge is 0.417 e. The molecule has 1 saturated heterocycles. The van der Waals surface area contributed by atoms with Gasteiger partial charge in [0.05, 0.1) is 5.56 Å². The summed E-state index contributed by atoms with van der Waals surface area (Å²) >= 11 is 0.416. The highest BCUT2D eigenvalue weighted by molar-refractivity contribution is 7.99. The van der Waals surface area contributed by atoms with E-state index in [0.717, 1.165) is 12.3 Å². The van der Waals surface area contributed by atoms with Crippen LogP contribution in [0.15, 0.2) is 47.5 Å². The molecule has 1 aromatic heterocycles. The van der Waals surface area contributed by atoms with E-state index in [2.05, 4.69) is 10.3 Å². The summed E-state index contributed by atoms with van der Waals surface area (Å²) in [7, 11) is 0. The van der Waals surface area contributed by atoms with Crippen molar-refractivity contribution in [3.8, 4) is 0 Å². The predicted molar refractivity (Wildman–Crippen MR) is 100 cm³/mol. The molecule has 0 spiro atoms. The number of benzene rings is 1. The summed E-state index contributed by atoms with van der Waals surface area (Å²) < 4.78 is 62.6. The Morgan fingerprint density at radius 3 is 2.28 bits per heavy atom. The molecule has 4 nitrogen and oxygen atoms in total. The number of nitrogens with one attached hydrogen (secondary N) is 1. The third-order valence-electron chi connectivity index (χ3n) is 4.57. The van der Waals surface area contributed by atoms with Gasteiger partial charge in [-0.2, -0.15) is 22.0 Å². The first-order valence-electron chi connectivity index (χ1n) is 8.86. The third-order valence-corrected chi connectivity index (χ3v) is 5.29. The first-order valence-corrected chi connectivity index (χ1v) is 9.74. The Bertz CT molecular complexity index is 819. The molecule has 0 unspecified atom stereocenters. The molecular formula is C19H18F5N3OS. The van der Waals surface area contributed by atoms with Crippen molar-refractivity contribution in [1.82, 2.24) is 10.3 Å². The predicted octanol–water partition coefficient (Wildman–Crippen LogP) is 4.81. The molecule has 1 fully saturated rings. The number of hydrogen-bond donors (Lipinski definition) is 1. The number of halogens is 5. The van der Waals surface area contributed by atoms with Gasteiger partial charge in [0, 0.05) is 35.8 Å². The molecule has 0 aliphatic carbocycles. The van der Waals surface area contributed by atoms with Crippen LogP contribution in [-0.2, 0) is 6.18 Å². The summed E-state index contributed by atoms with van der Waals surface area (Å²) in [5.41, 5.74) is -0.406. The maximum Gasteiger partial charge on any atom is 0.417 e. The molecule has 1 aliphatic heterocycles. The Morgan fingerprint density at radius 1 is 1.10 bits per heavy atom. The monoisotopic (exact) mass is 431 g/mol. The van der Waals surface area contributed by atoms with Crippen LogP contribution in [0.4, 0.5) is 27.8 Å². The van der Waals surface area contributed by atoms with Crippen molar-refractivity contribution in [2.45, 2.75) is 35.7 Å². The maximum absolute atomic E-state index is 12.6. The minimum absolute atomic E-state index is 0.0803. The van der Waals surface area contributed by atoms with Gasteiger partial charge in [0.25, 0.3) is 11.7 Å². The number of piperidine rings is 1. The quantitative estimate of drug-likeness (QED) is 0.545. The normalized spacial score (nSPS) is 15.6. The van der Waals surface area contributed by atoms with Crippen LogP contribution in [0.1, 0.15) is 28.8 Å². The van der Waals surface area contributed by atoms with Crippen LogP contribution in [0.25, 0.3) is 0 Å². The second-order valence-corrected chi connectivity index (χ2v) is 7.60.